The maximum absolute atomic E-state index is 10.5. The Bertz CT molecular complexity index is 128. The van der Waals surface area contributed by atoms with Crippen LogP contribution in [-0.2, 0) is 4.79 Å². The van der Waals surface area contributed by atoms with E-state index >= 15 is 0 Å². The Hall–Kier alpha value is -0.610. The maximum Gasteiger partial charge on any atom is 0.216 e. The lowest BCUT2D eigenvalue weighted by Gasteiger charge is -2.03. The Labute approximate surface area is 80.3 Å². The van der Waals surface area contributed by atoms with Crippen LogP contribution >= 0.6 is 0 Å². The summed E-state index contributed by atoms with van der Waals surface area (Å²) >= 11 is 0. The van der Waals surface area contributed by atoms with Crippen molar-refractivity contribution < 1.29 is 4.79 Å². The zero-order valence-electron chi connectivity index (χ0n) is 8.44. The molecule has 0 saturated carbocycles. The molecule has 4 N–H and O–H groups in total. The van der Waals surface area contributed by atoms with Crippen LogP contribution in [0.1, 0.15) is 26.2 Å². The minimum Gasteiger partial charge on any atom is -0.356 e. The molecule has 0 aromatic rings. The lowest BCUT2D eigenvalue weighted by atomic mass is 10.3. The van der Waals surface area contributed by atoms with Crippen LogP contribution in [0.4, 0.5) is 0 Å². The normalized spacial score (nSPS) is 10.0. The molecular weight excluding hydrogens is 168 g/mol. The highest BCUT2D eigenvalue weighted by Crippen LogP contribution is 1.84. The summed E-state index contributed by atoms with van der Waals surface area (Å²) in [6.45, 7) is 5.09. The van der Waals surface area contributed by atoms with Crippen LogP contribution in [0.3, 0.4) is 0 Å². The molecule has 0 saturated heterocycles. The van der Waals surface area contributed by atoms with Crippen LogP contribution in [0, 0.1) is 0 Å². The van der Waals surface area contributed by atoms with Crippen LogP contribution in [-0.4, -0.2) is 32.1 Å². The molecule has 0 radical (unpaired) electrons. The van der Waals surface area contributed by atoms with Crippen molar-refractivity contribution >= 4 is 5.91 Å². The number of nitrogens with two attached hydrogens (primary N) is 1. The quantitative estimate of drug-likeness (QED) is 0.465. The molecule has 0 unspecified atom stereocenters. The van der Waals surface area contributed by atoms with Gasteiger partial charge in [-0.1, -0.05) is 0 Å². The third kappa shape index (κ3) is 11.4. The fourth-order valence-electron chi connectivity index (χ4n) is 0.991. The van der Waals surface area contributed by atoms with E-state index in [1.54, 1.807) is 6.92 Å². The van der Waals surface area contributed by atoms with E-state index in [1.807, 2.05) is 0 Å². The predicted molar refractivity (Wildman–Crippen MR) is 54.5 cm³/mol. The Kier molecular flexibility index (Phi) is 9.03. The van der Waals surface area contributed by atoms with Gasteiger partial charge >= 0.3 is 0 Å². The number of carbonyl (C=O) groups is 1. The fourth-order valence-corrected chi connectivity index (χ4v) is 0.991. The van der Waals surface area contributed by atoms with E-state index in [9.17, 15) is 4.79 Å². The van der Waals surface area contributed by atoms with Crippen molar-refractivity contribution in [1.82, 2.24) is 10.6 Å². The van der Waals surface area contributed by atoms with Crippen LogP contribution in [0.5, 0.6) is 0 Å². The van der Waals surface area contributed by atoms with Crippen molar-refractivity contribution in [3.8, 4) is 0 Å². The van der Waals surface area contributed by atoms with Gasteiger partial charge in [-0.25, -0.2) is 0 Å². The van der Waals surface area contributed by atoms with Crippen molar-refractivity contribution in [1.29, 1.82) is 0 Å². The van der Waals surface area contributed by atoms with Gasteiger partial charge in [-0.2, -0.15) is 0 Å². The first-order chi connectivity index (χ1) is 6.27. The van der Waals surface area contributed by atoms with Crippen molar-refractivity contribution in [2.24, 2.45) is 5.73 Å². The number of unbranched alkanes of at least 4 members (excludes halogenated alkanes) is 1. The average Bonchev–Trinajstić information content (AvgIpc) is 2.09. The van der Waals surface area contributed by atoms with Gasteiger partial charge in [0.15, 0.2) is 0 Å². The van der Waals surface area contributed by atoms with E-state index in [-0.39, 0.29) is 5.91 Å². The lowest BCUT2D eigenvalue weighted by Crippen LogP contribution is -2.23. The molecule has 4 nitrogen and oxygen atoms in total. The molecule has 0 heterocycles. The monoisotopic (exact) mass is 189 g/mol. The molecule has 0 bridgehead atoms. The van der Waals surface area contributed by atoms with Gasteiger partial charge in [-0.3, -0.25) is 4.79 Å². The van der Waals surface area contributed by atoms with Gasteiger partial charge in [0.1, 0.15) is 0 Å². The van der Waals surface area contributed by atoms with Gasteiger partial charge < -0.3 is 16.4 Å². The SMILES string of the molecule is C[14C](=O)NCCCCNCCCN. The smallest absolute Gasteiger partial charge is 0.216 e. The van der Waals surface area contributed by atoms with Gasteiger partial charge in [0.2, 0.25) is 5.91 Å². The van der Waals surface area contributed by atoms with E-state index in [4.69, 9.17) is 5.73 Å². The summed E-state index contributed by atoms with van der Waals surface area (Å²) in [5.74, 6) is 0.0519. The molecule has 4 heteroatoms. The van der Waals surface area contributed by atoms with Crippen LogP contribution < -0.4 is 16.4 Å². The standard InChI is InChI=1S/C9H21N3O/c1-9(13)12-8-3-2-6-11-7-4-5-10/h11H,2-8,10H2,1H3,(H,12,13)/i9+2. The second-order valence-corrected chi connectivity index (χ2v) is 3.08. The Morgan fingerprint density at radius 1 is 1.15 bits per heavy atom. The second kappa shape index (κ2) is 9.48. The van der Waals surface area contributed by atoms with Crippen LogP contribution in [0.15, 0.2) is 0 Å². The van der Waals surface area contributed by atoms with Gasteiger partial charge in [-0.15, -0.1) is 0 Å². The van der Waals surface area contributed by atoms with E-state index in [0.717, 1.165) is 45.4 Å². The topological polar surface area (TPSA) is 67.2 Å². The lowest BCUT2D eigenvalue weighted by molar-refractivity contribution is -0.118. The first kappa shape index (κ1) is 12.4. The summed E-state index contributed by atoms with van der Waals surface area (Å²) in [5.41, 5.74) is 5.34. The number of amides is 1. The van der Waals surface area contributed by atoms with Crippen molar-refractivity contribution in [3.05, 3.63) is 0 Å². The maximum atomic E-state index is 10.5. The molecule has 78 valence electrons. The Morgan fingerprint density at radius 2 is 1.77 bits per heavy atom. The summed E-state index contributed by atoms with van der Waals surface area (Å²) in [6, 6.07) is 0. The molecule has 0 aromatic heterocycles. The van der Waals surface area contributed by atoms with Gasteiger partial charge in [0.05, 0.1) is 0 Å². The van der Waals surface area contributed by atoms with Gasteiger partial charge in [-0.05, 0) is 38.9 Å². The van der Waals surface area contributed by atoms with Crippen molar-refractivity contribution in [3.63, 3.8) is 0 Å². The minimum absolute atomic E-state index is 0.0519. The molecule has 0 fully saturated rings. The number of nitrogens with one attached hydrogen (secondary N) is 2. The molecule has 0 aromatic carbocycles. The first-order valence-electron chi connectivity index (χ1n) is 4.92. The molecule has 13 heavy (non-hydrogen) atoms. The van der Waals surface area contributed by atoms with E-state index in [1.165, 1.54) is 0 Å². The number of hydrogen-bond acceptors (Lipinski definition) is 3. The molecule has 0 aliphatic rings. The molecule has 0 aliphatic heterocycles. The van der Waals surface area contributed by atoms with E-state index in [2.05, 4.69) is 10.6 Å². The zero-order valence-corrected chi connectivity index (χ0v) is 8.44. The van der Waals surface area contributed by atoms with Crippen LogP contribution in [0.2, 0.25) is 0 Å². The van der Waals surface area contributed by atoms with Crippen LogP contribution in [0.25, 0.3) is 0 Å². The summed E-state index contributed by atoms with van der Waals surface area (Å²) in [7, 11) is 0. The predicted octanol–water partition coefficient (Wildman–Crippen LogP) is -0.159. The average molecular weight is 189 g/mol. The molecule has 0 rings (SSSR count). The Morgan fingerprint density at radius 3 is 2.38 bits per heavy atom. The van der Waals surface area contributed by atoms with Crippen molar-refractivity contribution in [2.45, 2.75) is 26.2 Å². The summed E-state index contributed by atoms with van der Waals surface area (Å²) in [4.78, 5) is 10.5. The molecule has 0 atom stereocenters. The number of carbonyl (C=O) groups excluding carboxylic acids is 1. The summed E-state index contributed by atoms with van der Waals surface area (Å²) < 4.78 is 0. The highest BCUT2D eigenvalue weighted by Gasteiger charge is 1.90. The largest absolute Gasteiger partial charge is 0.356 e. The number of rotatable bonds is 8. The molecule has 0 spiro atoms. The minimum atomic E-state index is 0.0519. The zero-order chi connectivity index (χ0) is 9.94. The Balaban J connectivity index is 2.87. The molecular formula is C9H21N3O. The third-order valence-electron chi connectivity index (χ3n) is 1.71. The highest BCUT2D eigenvalue weighted by atomic mass is 16.3. The fraction of sp³-hybridized carbons (Fsp3) is 0.889. The molecule has 0 aliphatic carbocycles. The number of hydrogen-bond donors (Lipinski definition) is 3. The van der Waals surface area contributed by atoms with Gasteiger partial charge in [0.25, 0.3) is 0 Å². The second-order valence-electron chi connectivity index (χ2n) is 3.08. The summed E-state index contributed by atoms with van der Waals surface area (Å²) in [6.07, 6.45) is 3.17. The third-order valence-corrected chi connectivity index (χ3v) is 1.71. The van der Waals surface area contributed by atoms with E-state index in [0.29, 0.717) is 0 Å². The first-order valence-corrected chi connectivity index (χ1v) is 4.92. The highest BCUT2D eigenvalue weighted by molar-refractivity contribution is 5.72. The summed E-state index contributed by atoms with van der Waals surface area (Å²) in [5, 5.41) is 6.04. The van der Waals surface area contributed by atoms with Crippen molar-refractivity contribution in [2.75, 3.05) is 26.2 Å². The van der Waals surface area contributed by atoms with E-state index < -0.39 is 0 Å². The van der Waals surface area contributed by atoms with Gasteiger partial charge in [0, 0.05) is 13.5 Å². The molecule has 1 amide bonds.